The van der Waals surface area contributed by atoms with Crippen molar-refractivity contribution in [3.8, 4) is 0 Å². The van der Waals surface area contributed by atoms with E-state index in [1.54, 1.807) is 24.3 Å². The fourth-order valence-electron chi connectivity index (χ4n) is 2.88. The third-order valence-electron chi connectivity index (χ3n) is 4.20. The Hall–Kier alpha value is -3.49. The van der Waals surface area contributed by atoms with Crippen LogP contribution < -0.4 is 11.1 Å². The molecule has 2 amide bonds. The second kappa shape index (κ2) is 7.81. The number of nitrogens with two attached hydrogens (primary N) is 1. The van der Waals surface area contributed by atoms with Crippen LogP contribution in [-0.4, -0.2) is 40.8 Å². The normalized spacial score (nSPS) is 13.1. The predicted molar refractivity (Wildman–Crippen MR) is 93.1 cm³/mol. The van der Waals surface area contributed by atoms with E-state index in [1.165, 1.54) is 17.0 Å². The smallest absolute Gasteiger partial charge is 0.367 e. The summed E-state index contributed by atoms with van der Waals surface area (Å²) in [6.45, 7) is 0.00242. The Morgan fingerprint density at radius 2 is 2.11 bits per heavy atom. The highest BCUT2D eigenvalue weighted by Crippen LogP contribution is 2.20. The van der Waals surface area contributed by atoms with Crippen molar-refractivity contribution in [1.29, 1.82) is 0 Å². The molecule has 2 aromatic rings. The highest BCUT2D eigenvalue weighted by atomic mass is 19.3. The molecule has 8 nitrogen and oxygen atoms in total. The first-order valence-corrected chi connectivity index (χ1v) is 8.21. The van der Waals surface area contributed by atoms with Crippen molar-refractivity contribution < 1.29 is 23.9 Å². The number of anilines is 1. The van der Waals surface area contributed by atoms with Gasteiger partial charge in [-0.25, -0.2) is 9.78 Å². The monoisotopic (exact) mass is 372 g/mol. The van der Waals surface area contributed by atoms with E-state index >= 15 is 0 Å². The molecule has 1 aliphatic heterocycles. The Morgan fingerprint density at radius 3 is 2.85 bits per heavy atom. The van der Waals surface area contributed by atoms with Crippen molar-refractivity contribution in [1.82, 2.24) is 15.2 Å². The molecule has 1 aromatic carbocycles. The number of nitrogens with one attached hydrogen (secondary N) is 1. The van der Waals surface area contributed by atoms with Crippen molar-refractivity contribution >= 4 is 23.6 Å². The van der Waals surface area contributed by atoms with Gasteiger partial charge in [-0.05, 0) is 42.3 Å². The number of fused-ring (bicyclic) bond motifs is 1. The Bertz CT molecular complexity index is 903. The van der Waals surface area contributed by atoms with E-state index < -0.39 is 18.4 Å². The first kappa shape index (κ1) is 18.3. The summed E-state index contributed by atoms with van der Waals surface area (Å²) in [7, 11) is 0. The molecule has 0 unspecified atom stereocenters. The molecule has 0 spiro atoms. The van der Waals surface area contributed by atoms with Gasteiger partial charge in [-0.2, -0.15) is 0 Å². The molecule has 0 bridgehead atoms. The number of carbonyl (C=O) groups is 3. The SMILES string of the molecule is Nc1cccc(CNC(=O)c2ccc3c(c2)CCN(CC(=O)OF)C3=O)n1. The molecule has 1 aliphatic rings. The van der Waals surface area contributed by atoms with Gasteiger partial charge in [0.05, 0.1) is 12.2 Å². The van der Waals surface area contributed by atoms with E-state index in [4.69, 9.17) is 5.73 Å². The zero-order valence-electron chi connectivity index (χ0n) is 14.3. The summed E-state index contributed by atoms with van der Waals surface area (Å²) >= 11 is 0. The molecule has 0 saturated carbocycles. The summed E-state index contributed by atoms with van der Waals surface area (Å²) in [4.78, 5) is 44.2. The summed E-state index contributed by atoms with van der Waals surface area (Å²) < 4.78 is 11.9. The lowest BCUT2D eigenvalue weighted by molar-refractivity contribution is -0.184. The molecule has 27 heavy (non-hydrogen) atoms. The van der Waals surface area contributed by atoms with E-state index in [1.807, 2.05) is 0 Å². The largest absolute Gasteiger partial charge is 0.384 e. The number of nitrogens with zero attached hydrogens (tertiary/aromatic N) is 2. The standard InChI is InChI=1S/C18H17FN4O4/c19-27-16(24)10-23-7-6-11-8-12(4-5-14(11)18(23)26)17(25)21-9-13-2-1-3-15(20)22-13/h1-5,8H,6-7,9-10H2,(H2,20,22)(H,21,25). The topological polar surface area (TPSA) is 115 Å². The molecule has 9 heteroatoms. The molecule has 3 rings (SSSR count). The molecular weight excluding hydrogens is 355 g/mol. The van der Waals surface area contributed by atoms with Crippen LogP contribution in [0.5, 0.6) is 0 Å². The van der Waals surface area contributed by atoms with E-state index in [2.05, 4.69) is 15.2 Å². The molecule has 0 aliphatic carbocycles. The molecule has 0 fully saturated rings. The van der Waals surface area contributed by atoms with Gasteiger partial charge in [-0.1, -0.05) is 6.07 Å². The Balaban J connectivity index is 1.68. The second-order valence-electron chi connectivity index (χ2n) is 6.03. The minimum atomic E-state index is -1.13. The Labute approximate surface area is 154 Å². The zero-order valence-corrected chi connectivity index (χ0v) is 14.3. The van der Waals surface area contributed by atoms with Crippen LogP contribution in [0.2, 0.25) is 0 Å². The van der Waals surface area contributed by atoms with E-state index in [0.717, 1.165) is 0 Å². The Morgan fingerprint density at radius 1 is 1.30 bits per heavy atom. The van der Waals surface area contributed by atoms with Gasteiger partial charge in [0.25, 0.3) is 11.8 Å². The molecule has 1 aromatic heterocycles. The lowest BCUT2D eigenvalue weighted by Gasteiger charge is -2.27. The van der Waals surface area contributed by atoms with Crippen LogP contribution in [0.3, 0.4) is 0 Å². The number of benzene rings is 1. The maximum absolute atomic E-state index is 12.4. The molecule has 140 valence electrons. The first-order chi connectivity index (χ1) is 13.0. The van der Waals surface area contributed by atoms with E-state index in [9.17, 15) is 18.9 Å². The fraction of sp³-hybridized carbons (Fsp3) is 0.222. The summed E-state index contributed by atoms with van der Waals surface area (Å²) in [5.74, 6) is -1.47. The average Bonchev–Trinajstić information content (AvgIpc) is 2.68. The van der Waals surface area contributed by atoms with Crippen LogP contribution in [0, 0.1) is 0 Å². The number of hydrogen-bond acceptors (Lipinski definition) is 6. The van der Waals surface area contributed by atoms with Crippen molar-refractivity contribution in [2.75, 3.05) is 18.8 Å². The van der Waals surface area contributed by atoms with Crippen LogP contribution >= 0.6 is 0 Å². The van der Waals surface area contributed by atoms with Gasteiger partial charge >= 0.3 is 5.97 Å². The van der Waals surface area contributed by atoms with Gasteiger partial charge in [0.2, 0.25) is 0 Å². The lowest BCUT2D eigenvalue weighted by Crippen LogP contribution is -2.41. The summed E-state index contributed by atoms with van der Waals surface area (Å²) in [6, 6.07) is 9.84. The number of amides is 2. The number of aromatic nitrogens is 1. The molecule has 0 radical (unpaired) electrons. The van der Waals surface area contributed by atoms with Crippen LogP contribution in [-0.2, 0) is 22.7 Å². The van der Waals surface area contributed by atoms with Gasteiger partial charge in [0.1, 0.15) is 12.4 Å². The van der Waals surface area contributed by atoms with Gasteiger partial charge in [0, 0.05) is 22.2 Å². The van der Waals surface area contributed by atoms with Crippen molar-refractivity contribution in [2.24, 2.45) is 0 Å². The third-order valence-corrected chi connectivity index (χ3v) is 4.20. The Kier molecular flexibility index (Phi) is 5.30. The van der Waals surface area contributed by atoms with Crippen LogP contribution in [0.15, 0.2) is 36.4 Å². The van der Waals surface area contributed by atoms with Gasteiger partial charge in [0.15, 0.2) is 0 Å². The van der Waals surface area contributed by atoms with Crippen molar-refractivity contribution in [3.63, 3.8) is 0 Å². The fourth-order valence-corrected chi connectivity index (χ4v) is 2.88. The van der Waals surface area contributed by atoms with Crippen LogP contribution in [0.1, 0.15) is 32.0 Å². The van der Waals surface area contributed by atoms with Gasteiger partial charge in [-0.15, -0.1) is 0 Å². The maximum atomic E-state index is 12.4. The van der Waals surface area contributed by atoms with Gasteiger partial charge < -0.3 is 16.0 Å². The maximum Gasteiger partial charge on any atom is 0.367 e. The number of carbonyl (C=O) groups excluding carboxylic acids is 3. The number of rotatable bonds is 5. The van der Waals surface area contributed by atoms with Gasteiger partial charge in [-0.3, -0.25) is 14.5 Å². The summed E-state index contributed by atoms with van der Waals surface area (Å²) in [6.07, 6.45) is 0.443. The second-order valence-corrected chi connectivity index (χ2v) is 6.03. The highest BCUT2D eigenvalue weighted by molar-refractivity contribution is 6.00. The average molecular weight is 372 g/mol. The molecule has 0 atom stereocenters. The molecular formula is C18H17FN4O4. The molecule has 3 N–H and O–H groups in total. The lowest BCUT2D eigenvalue weighted by atomic mass is 9.96. The van der Waals surface area contributed by atoms with Crippen molar-refractivity contribution in [3.05, 3.63) is 58.8 Å². The first-order valence-electron chi connectivity index (χ1n) is 8.21. The number of halogens is 1. The minimum Gasteiger partial charge on any atom is -0.384 e. The number of pyridine rings is 1. The van der Waals surface area contributed by atoms with Crippen molar-refractivity contribution in [2.45, 2.75) is 13.0 Å². The van der Waals surface area contributed by atoms with E-state index in [0.29, 0.717) is 34.6 Å². The molecule has 0 saturated heterocycles. The molecule has 2 heterocycles. The number of hydrogen-bond donors (Lipinski definition) is 2. The summed E-state index contributed by atoms with van der Waals surface area (Å²) in [5, 5.41) is 2.75. The van der Waals surface area contributed by atoms with Crippen LogP contribution in [0.25, 0.3) is 0 Å². The third kappa shape index (κ3) is 4.20. The highest BCUT2D eigenvalue weighted by Gasteiger charge is 2.27. The quantitative estimate of drug-likeness (QED) is 0.810. The summed E-state index contributed by atoms with van der Waals surface area (Å²) in [5.41, 5.74) is 7.71. The predicted octanol–water partition coefficient (Wildman–Crippen LogP) is 1.02. The van der Waals surface area contributed by atoms with E-state index in [-0.39, 0.29) is 19.0 Å². The zero-order chi connectivity index (χ0) is 19.4. The number of nitrogen functional groups attached to an aromatic ring is 1. The van der Waals surface area contributed by atoms with Crippen LogP contribution in [0.4, 0.5) is 10.3 Å². The minimum absolute atomic E-state index is 0.221.